The lowest BCUT2D eigenvalue weighted by Gasteiger charge is -2.52. The van der Waals surface area contributed by atoms with Crippen molar-refractivity contribution in [3.8, 4) is 11.5 Å². The molecule has 1 saturated carbocycles. The number of piperidine rings is 1. The summed E-state index contributed by atoms with van der Waals surface area (Å²) >= 11 is 0. The van der Waals surface area contributed by atoms with Gasteiger partial charge in [-0.15, -0.1) is 0 Å². The molecule has 34 heavy (non-hydrogen) atoms. The zero-order chi connectivity index (χ0) is 24.3. The number of rotatable bonds is 6. The number of hydrogen-bond donors (Lipinski definition) is 1. The number of nitrogens with zero attached hydrogens (tertiary/aromatic N) is 1. The summed E-state index contributed by atoms with van der Waals surface area (Å²) in [5, 5.41) is 11.5. The highest BCUT2D eigenvalue weighted by atomic mass is 16.5. The molecule has 5 nitrogen and oxygen atoms in total. The van der Waals surface area contributed by atoms with Crippen molar-refractivity contribution in [1.29, 1.82) is 0 Å². The van der Waals surface area contributed by atoms with Gasteiger partial charge in [0.15, 0.2) is 0 Å². The molecule has 1 saturated heterocycles. The Bertz CT molecular complexity index is 1030. The second kappa shape index (κ2) is 10.2. The van der Waals surface area contributed by atoms with E-state index in [1.165, 1.54) is 5.56 Å². The van der Waals surface area contributed by atoms with Crippen LogP contribution in [0.25, 0.3) is 6.08 Å². The first kappa shape index (κ1) is 24.3. The van der Waals surface area contributed by atoms with Gasteiger partial charge >= 0.3 is 0 Å². The van der Waals surface area contributed by atoms with Crippen molar-refractivity contribution in [1.82, 2.24) is 4.90 Å². The van der Waals surface area contributed by atoms with E-state index in [2.05, 4.69) is 38.1 Å². The Morgan fingerprint density at radius 2 is 1.85 bits per heavy atom. The second-order valence-electron chi connectivity index (χ2n) is 9.94. The number of hydrogen-bond acceptors (Lipinski definition) is 4. The second-order valence-corrected chi connectivity index (χ2v) is 9.94. The number of carbonyl (C=O) groups excluding carboxylic acids is 1. The summed E-state index contributed by atoms with van der Waals surface area (Å²) in [7, 11) is 3.27. The van der Waals surface area contributed by atoms with Crippen LogP contribution in [0.4, 0.5) is 0 Å². The number of carbonyl (C=O) groups is 1. The predicted octanol–water partition coefficient (Wildman–Crippen LogP) is 5.74. The van der Waals surface area contributed by atoms with Crippen LogP contribution in [0.15, 0.2) is 48.5 Å². The topological polar surface area (TPSA) is 59.0 Å². The van der Waals surface area contributed by atoms with Crippen molar-refractivity contribution in [2.24, 2.45) is 5.92 Å². The minimum Gasteiger partial charge on any atom is -0.497 e. The van der Waals surface area contributed by atoms with Crippen molar-refractivity contribution in [3.05, 3.63) is 65.2 Å². The Hall–Kier alpha value is -2.79. The monoisotopic (exact) mass is 463 g/mol. The number of benzene rings is 2. The summed E-state index contributed by atoms with van der Waals surface area (Å²) in [6.45, 7) is 4.86. The molecule has 0 bridgehead atoms. The van der Waals surface area contributed by atoms with Gasteiger partial charge in [0.05, 0.1) is 25.9 Å². The van der Waals surface area contributed by atoms with E-state index in [0.717, 1.165) is 36.8 Å². The minimum atomic E-state index is -0.749. The molecule has 0 unspecified atom stereocenters. The molecule has 1 amide bonds. The van der Waals surface area contributed by atoms with Crippen LogP contribution in [0.1, 0.15) is 74.6 Å². The lowest BCUT2D eigenvalue weighted by Crippen LogP contribution is -2.56. The maximum atomic E-state index is 13.5. The molecule has 2 aromatic rings. The fourth-order valence-corrected chi connectivity index (χ4v) is 5.63. The molecule has 182 valence electrons. The summed E-state index contributed by atoms with van der Waals surface area (Å²) < 4.78 is 11.1. The van der Waals surface area contributed by atoms with Crippen LogP contribution < -0.4 is 9.47 Å². The van der Waals surface area contributed by atoms with Gasteiger partial charge in [0.1, 0.15) is 11.5 Å². The molecule has 2 aromatic carbocycles. The van der Waals surface area contributed by atoms with E-state index in [1.54, 1.807) is 20.3 Å². The van der Waals surface area contributed by atoms with Crippen LogP contribution >= 0.6 is 0 Å². The van der Waals surface area contributed by atoms with Crippen LogP contribution in [0.2, 0.25) is 0 Å². The summed E-state index contributed by atoms with van der Waals surface area (Å²) in [4.78, 5) is 15.4. The van der Waals surface area contributed by atoms with E-state index >= 15 is 0 Å². The van der Waals surface area contributed by atoms with Gasteiger partial charge in [0.2, 0.25) is 5.91 Å². The molecular formula is C29H37NO4. The largest absolute Gasteiger partial charge is 0.497 e. The lowest BCUT2D eigenvalue weighted by molar-refractivity contribution is -0.151. The molecule has 0 aromatic heterocycles. The molecule has 1 aliphatic heterocycles. The third kappa shape index (κ3) is 4.85. The van der Waals surface area contributed by atoms with Gasteiger partial charge in [-0.25, -0.2) is 0 Å². The van der Waals surface area contributed by atoms with E-state index in [4.69, 9.17) is 9.47 Å². The highest BCUT2D eigenvalue weighted by Crippen LogP contribution is 2.51. The highest BCUT2D eigenvalue weighted by Gasteiger charge is 2.50. The predicted molar refractivity (Wildman–Crippen MR) is 135 cm³/mol. The first-order valence-corrected chi connectivity index (χ1v) is 12.4. The van der Waals surface area contributed by atoms with Gasteiger partial charge in [-0.05, 0) is 54.5 Å². The normalized spacial score (nSPS) is 24.8. The van der Waals surface area contributed by atoms with Crippen LogP contribution in [0.5, 0.6) is 11.5 Å². The Kier molecular flexibility index (Phi) is 7.32. The van der Waals surface area contributed by atoms with Crippen LogP contribution in [-0.4, -0.2) is 42.3 Å². The van der Waals surface area contributed by atoms with Gasteiger partial charge in [0, 0.05) is 30.2 Å². The Labute approximate surface area is 203 Å². The molecule has 5 heteroatoms. The average molecular weight is 464 g/mol. The van der Waals surface area contributed by atoms with Gasteiger partial charge in [-0.1, -0.05) is 51.0 Å². The number of fused-ring (bicyclic) bond motifs is 1. The van der Waals surface area contributed by atoms with Crippen LogP contribution in [0.3, 0.4) is 0 Å². The highest BCUT2D eigenvalue weighted by molar-refractivity contribution is 5.92. The van der Waals surface area contributed by atoms with Gasteiger partial charge in [0.25, 0.3) is 0 Å². The van der Waals surface area contributed by atoms with Crippen molar-refractivity contribution in [3.63, 3.8) is 0 Å². The number of amides is 1. The molecule has 4 rings (SSSR count). The molecular weight excluding hydrogens is 426 g/mol. The molecule has 2 fully saturated rings. The van der Waals surface area contributed by atoms with Gasteiger partial charge < -0.3 is 19.5 Å². The van der Waals surface area contributed by atoms with E-state index in [-0.39, 0.29) is 17.9 Å². The standard InChI is InChI=1S/C29H37NO4/c1-20(2)22-11-8-21(9-12-22)10-15-27(31)30-18-17-29(32)16-6-5-7-25(29)28(30)24-14-13-23(33-3)19-26(24)34-4/h8-15,19-20,25,28,32H,5-7,16-18H2,1-4H3/b15-10+/t25-,28-,29-/m1/s1. The first-order valence-electron chi connectivity index (χ1n) is 12.4. The van der Waals surface area contributed by atoms with Crippen LogP contribution in [-0.2, 0) is 4.79 Å². The SMILES string of the molecule is COc1ccc([C@@H]2[C@H]3CCCC[C@@]3(O)CCN2C(=O)/C=C/c2ccc(C(C)C)cc2)c(OC)c1. The molecule has 2 aliphatic rings. The molecule has 1 aliphatic carbocycles. The van der Waals surface area contributed by atoms with Crippen molar-refractivity contribution in [2.45, 2.75) is 63.5 Å². The lowest BCUT2D eigenvalue weighted by atomic mass is 9.66. The third-order valence-corrected chi connectivity index (χ3v) is 7.63. The van der Waals surface area contributed by atoms with Crippen molar-refractivity contribution < 1.29 is 19.4 Å². The van der Waals surface area contributed by atoms with Crippen molar-refractivity contribution in [2.75, 3.05) is 20.8 Å². The maximum absolute atomic E-state index is 13.5. The number of likely N-dealkylation sites (tertiary alicyclic amines) is 1. The zero-order valence-electron chi connectivity index (χ0n) is 20.8. The minimum absolute atomic E-state index is 0.0278. The number of ether oxygens (including phenoxy) is 2. The smallest absolute Gasteiger partial charge is 0.247 e. The van der Waals surface area contributed by atoms with Gasteiger partial charge in [-0.2, -0.15) is 0 Å². The first-order chi connectivity index (χ1) is 16.4. The summed E-state index contributed by atoms with van der Waals surface area (Å²) in [6, 6.07) is 13.8. The Morgan fingerprint density at radius 3 is 2.53 bits per heavy atom. The zero-order valence-corrected chi connectivity index (χ0v) is 20.8. The van der Waals surface area contributed by atoms with E-state index in [0.29, 0.717) is 30.4 Å². The summed E-state index contributed by atoms with van der Waals surface area (Å²) in [5.74, 6) is 1.80. The maximum Gasteiger partial charge on any atom is 0.247 e. The number of aliphatic hydroxyl groups is 1. The fourth-order valence-electron chi connectivity index (χ4n) is 5.63. The molecule has 3 atom stereocenters. The summed E-state index contributed by atoms with van der Waals surface area (Å²) in [6.07, 6.45) is 7.92. The quantitative estimate of drug-likeness (QED) is 0.556. The molecule has 1 N–H and O–H groups in total. The summed E-state index contributed by atoms with van der Waals surface area (Å²) in [5.41, 5.74) is 2.46. The average Bonchev–Trinajstić information content (AvgIpc) is 2.86. The van der Waals surface area contributed by atoms with E-state index in [9.17, 15) is 9.90 Å². The van der Waals surface area contributed by atoms with Crippen LogP contribution in [0, 0.1) is 5.92 Å². The molecule has 0 radical (unpaired) electrons. The number of methoxy groups -OCH3 is 2. The Morgan fingerprint density at radius 1 is 1.09 bits per heavy atom. The fraction of sp³-hybridized carbons (Fsp3) is 0.483. The van der Waals surface area contributed by atoms with E-state index in [1.807, 2.05) is 29.2 Å². The molecule has 0 spiro atoms. The van der Waals surface area contributed by atoms with Crippen molar-refractivity contribution >= 4 is 12.0 Å². The molecule has 1 heterocycles. The Balaban J connectivity index is 1.66. The van der Waals surface area contributed by atoms with E-state index < -0.39 is 5.60 Å². The van der Waals surface area contributed by atoms with Gasteiger partial charge in [-0.3, -0.25) is 4.79 Å². The third-order valence-electron chi connectivity index (χ3n) is 7.63.